The van der Waals surface area contributed by atoms with Crippen molar-refractivity contribution in [2.75, 3.05) is 28.2 Å². The van der Waals surface area contributed by atoms with Gasteiger partial charge in [-0.1, -0.05) is 73.0 Å². The first-order valence-electron chi connectivity index (χ1n) is 8.12. The summed E-state index contributed by atoms with van der Waals surface area (Å²) in [5.74, 6) is 0. The Hall–Kier alpha value is -1.08. The zero-order chi connectivity index (χ0) is 19.7. The summed E-state index contributed by atoms with van der Waals surface area (Å²) in [6.45, 7) is 4.31. The maximum absolute atomic E-state index is 5.07. The molecule has 0 amide bonds. The first-order valence-corrected chi connectivity index (χ1v) is 11.1. The molecule has 0 saturated carbocycles. The molecule has 0 heterocycles. The van der Waals surface area contributed by atoms with Gasteiger partial charge in [-0.25, -0.2) is 0 Å². The second kappa shape index (κ2) is 11.6. The first-order chi connectivity index (χ1) is 12.2. The Morgan fingerprint density at radius 3 is 1.23 bits per heavy atom. The zero-order valence-electron chi connectivity index (χ0n) is 16.1. The summed E-state index contributed by atoms with van der Waals surface area (Å²) in [5, 5.41) is 0. The number of benzene rings is 2. The Kier molecular flexibility index (Phi) is 10.2. The predicted molar refractivity (Wildman–Crippen MR) is 129 cm³/mol. The lowest BCUT2D eigenvalue weighted by molar-refractivity contribution is 0.647. The van der Waals surface area contributed by atoms with Crippen LogP contribution in [0.3, 0.4) is 0 Å². The van der Waals surface area contributed by atoms with Gasteiger partial charge in [0, 0.05) is 28.2 Å². The third kappa shape index (κ3) is 7.66. The average Bonchev–Trinajstić information content (AvgIpc) is 2.61. The molecule has 0 aliphatic carbocycles. The van der Waals surface area contributed by atoms with Crippen LogP contribution in [-0.4, -0.2) is 46.6 Å². The molecule has 2 nitrogen and oxygen atoms in total. The molecule has 6 heteroatoms. The van der Waals surface area contributed by atoms with Crippen molar-refractivity contribution >= 4 is 54.7 Å². The third-order valence-electron chi connectivity index (χ3n) is 3.49. The molecule has 0 aliphatic rings. The molecule has 0 unspecified atom stereocenters. The third-order valence-corrected chi connectivity index (χ3v) is 7.65. The van der Waals surface area contributed by atoms with E-state index in [0.29, 0.717) is 0 Å². The number of thiocarbonyl (C=S) groups is 2. The molecule has 0 aliphatic heterocycles. The lowest BCUT2D eigenvalue weighted by Gasteiger charge is -2.15. The normalized spacial score (nSPS) is 9.77. The van der Waals surface area contributed by atoms with Crippen molar-refractivity contribution in [3.05, 3.63) is 59.7 Å². The van der Waals surface area contributed by atoms with Gasteiger partial charge in [-0.2, -0.15) is 0 Å². The second-order valence-corrected chi connectivity index (χ2v) is 9.51. The highest BCUT2D eigenvalue weighted by molar-refractivity contribution is 8.89. The van der Waals surface area contributed by atoms with Crippen molar-refractivity contribution in [2.45, 2.75) is 13.8 Å². The maximum atomic E-state index is 5.07. The van der Waals surface area contributed by atoms with E-state index in [1.807, 2.05) is 38.0 Å². The van der Waals surface area contributed by atoms with Gasteiger partial charge in [-0.15, -0.1) is 0 Å². The molecule has 2 aromatic carbocycles. The monoisotopic (exact) mass is 422 g/mol. The molecule has 2 aromatic rings. The maximum Gasteiger partial charge on any atom is 0.146 e. The van der Waals surface area contributed by atoms with Crippen molar-refractivity contribution in [3.63, 3.8) is 0 Å². The van der Waals surface area contributed by atoms with Crippen molar-refractivity contribution in [2.24, 2.45) is 0 Å². The summed E-state index contributed by atoms with van der Waals surface area (Å²) in [6, 6.07) is 17.0. The zero-order valence-corrected chi connectivity index (χ0v) is 19.4. The average molecular weight is 423 g/mol. The van der Waals surface area contributed by atoms with Gasteiger partial charge in [-0.05, 0) is 57.7 Å². The Bertz CT molecular complexity index is 679. The van der Waals surface area contributed by atoms with Crippen LogP contribution in [0, 0.1) is 13.8 Å². The fourth-order valence-corrected chi connectivity index (χ4v) is 4.35. The Morgan fingerprint density at radius 1 is 0.654 bits per heavy atom. The van der Waals surface area contributed by atoms with Crippen LogP contribution in [0.15, 0.2) is 48.5 Å². The lowest BCUT2D eigenvalue weighted by atomic mass is 9.97. The molecule has 0 aromatic heterocycles. The minimum absolute atomic E-state index is 0.837. The van der Waals surface area contributed by atoms with Crippen LogP contribution >= 0.6 is 46.0 Å². The Labute approximate surface area is 176 Å². The van der Waals surface area contributed by atoms with Crippen molar-refractivity contribution in [1.29, 1.82) is 0 Å². The molecule has 0 N–H and O–H groups in total. The van der Waals surface area contributed by atoms with Crippen LogP contribution in [0.5, 0.6) is 0 Å². The predicted octanol–water partition coefficient (Wildman–Crippen LogP) is 6.03. The number of nitrogens with zero attached hydrogens (tertiary/aromatic N) is 2. The molecule has 0 atom stereocenters. The largest absolute Gasteiger partial charge is 0.363 e. The Balaban J connectivity index is 0.000000265. The van der Waals surface area contributed by atoms with Crippen LogP contribution in [0.4, 0.5) is 0 Å². The van der Waals surface area contributed by atoms with E-state index in [1.54, 1.807) is 0 Å². The van der Waals surface area contributed by atoms with E-state index in [-0.39, 0.29) is 0 Å². The molecule has 0 saturated heterocycles. The number of hydrogen-bond donors (Lipinski definition) is 0. The molecular formula is C20H26N2S4. The fourth-order valence-electron chi connectivity index (χ4n) is 1.97. The van der Waals surface area contributed by atoms with E-state index in [9.17, 15) is 0 Å². The molecule has 0 fully saturated rings. The van der Waals surface area contributed by atoms with Crippen LogP contribution in [0.25, 0.3) is 11.1 Å². The highest BCUT2D eigenvalue weighted by Crippen LogP contribution is 2.26. The molecule has 2 rings (SSSR count). The highest BCUT2D eigenvalue weighted by Gasteiger charge is 2.05. The molecule has 0 spiro atoms. The smallest absolute Gasteiger partial charge is 0.146 e. The minimum Gasteiger partial charge on any atom is -0.363 e. The van der Waals surface area contributed by atoms with E-state index >= 15 is 0 Å². The molecule has 140 valence electrons. The van der Waals surface area contributed by atoms with Gasteiger partial charge in [0.15, 0.2) is 0 Å². The van der Waals surface area contributed by atoms with Crippen LogP contribution in [0.2, 0.25) is 0 Å². The van der Waals surface area contributed by atoms with Gasteiger partial charge in [0.1, 0.15) is 8.64 Å². The van der Waals surface area contributed by atoms with Crippen molar-refractivity contribution in [1.82, 2.24) is 9.80 Å². The van der Waals surface area contributed by atoms with E-state index in [0.717, 1.165) is 8.64 Å². The summed E-state index contributed by atoms with van der Waals surface area (Å²) in [6.07, 6.45) is 0. The number of hydrogen-bond acceptors (Lipinski definition) is 4. The Morgan fingerprint density at radius 2 is 0.962 bits per heavy atom. The van der Waals surface area contributed by atoms with Crippen molar-refractivity contribution in [3.8, 4) is 11.1 Å². The first kappa shape index (κ1) is 23.0. The van der Waals surface area contributed by atoms with Crippen LogP contribution < -0.4 is 0 Å². The molecular weight excluding hydrogens is 397 g/mol. The van der Waals surface area contributed by atoms with E-state index < -0.39 is 0 Å². The van der Waals surface area contributed by atoms with Crippen LogP contribution in [-0.2, 0) is 0 Å². The quantitative estimate of drug-likeness (QED) is 0.406. The highest BCUT2D eigenvalue weighted by atomic mass is 33.1. The summed E-state index contributed by atoms with van der Waals surface area (Å²) in [7, 11) is 10.7. The summed E-state index contributed by atoms with van der Waals surface area (Å²) < 4.78 is 1.67. The van der Waals surface area contributed by atoms with E-state index in [2.05, 4.69) is 62.4 Å². The van der Waals surface area contributed by atoms with E-state index in [1.165, 1.54) is 43.8 Å². The SMILES string of the molecule is CN(C)C(=S)SSC(=S)N(C)C.Cc1ccccc1-c1ccccc1C. The minimum atomic E-state index is 0.837. The van der Waals surface area contributed by atoms with Gasteiger partial charge < -0.3 is 9.80 Å². The van der Waals surface area contributed by atoms with Gasteiger partial charge in [-0.3, -0.25) is 0 Å². The van der Waals surface area contributed by atoms with Gasteiger partial charge >= 0.3 is 0 Å². The fraction of sp³-hybridized carbons (Fsp3) is 0.300. The summed E-state index contributed by atoms with van der Waals surface area (Å²) >= 11 is 10.1. The number of aryl methyl sites for hydroxylation is 2. The summed E-state index contributed by atoms with van der Waals surface area (Å²) in [4.78, 5) is 3.79. The number of rotatable bonds is 1. The van der Waals surface area contributed by atoms with Gasteiger partial charge in [0.2, 0.25) is 0 Å². The van der Waals surface area contributed by atoms with Crippen LogP contribution in [0.1, 0.15) is 11.1 Å². The standard InChI is InChI=1S/C14H14.C6H12N2S4/c1-11-7-3-5-9-13(11)14-10-6-4-8-12(14)2;1-7(2)5(9)11-12-6(10)8(3)4/h3-10H,1-2H3;1-4H3. The van der Waals surface area contributed by atoms with Crippen molar-refractivity contribution < 1.29 is 0 Å². The topological polar surface area (TPSA) is 6.48 Å². The molecule has 0 bridgehead atoms. The summed E-state index contributed by atoms with van der Waals surface area (Å²) in [5.41, 5.74) is 5.35. The molecule has 26 heavy (non-hydrogen) atoms. The van der Waals surface area contributed by atoms with E-state index in [4.69, 9.17) is 24.4 Å². The van der Waals surface area contributed by atoms with Gasteiger partial charge in [0.05, 0.1) is 0 Å². The second-order valence-electron chi connectivity index (χ2n) is 6.12. The lowest BCUT2D eigenvalue weighted by Crippen LogP contribution is -2.18. The van der Waals surface area contributed by atoms with Gasteiger partial charge in [0.25, 0.3) is 0 Å². The molecule has 0 radical (unpaired) electrons.